The van der Waals surface area contributed by atoms with Gasteiger partial charge in [-0.15, -0.1) is 0 Å². The highest BCUT2D eigenvalue weighted by atomic mass is 16.5. The molecule has 1 aromatic carbocycles. The summed E-state index contributed by atoms with van der Waals surface area (Å²) in [5, 5.41) is 4.91. The van der Waals surface area contributed by atoms with E-state index >= 15 is 0 Å². The van der Waals surface area contributed by atoms with Crippen molar-refractivity contribution in [2.75, 3.05) is 33.4 Å². The predicted molar refractivity (Wildman–Crippen MR) is 117 cm³/mol. The van der Waals surface area contributed by atoms with Crippen LogP contribution in [0.25, 0.3) is 16.7 Å². The Bertz CT molecular complexity index is 1240. The molecule has 0 aliphatic carbocycles. The normalized spacial score (nSPS) is 14.6. The molecule has 162 valence electrons. The van der Waals surface area contributed by atoms with Crippen molar-refractivity contribution in [1.82, 2.24) is 29.0 Å². The third kappa shape index (κ3) is 4.01. The Morgan fingerprint density at radius 2 is 1.81 bits per heavy atom. The van der Waals surface area contributed by atoms with E-state index < -0.39 is 0 Å². The van der Waals surface area contributed by atoms with Crippen LogP contribution in [0.4, 0.5) is 0 Å². The molecule has 0 amide bonds. The number of fused-ring (bicyclic) bond motifs is 3. The van der Waals surface area contributed by atoms with Gasteiger partial charge in [0.15, 0.2) is 5.65 Å². The summed E-state index contributed by atoms with van der Waals surface area (Å²) in [5.74, 6) is 0.772. The second-order valence-electron chi connectivity index (χ2n) is 7.27. The average Bonchev–Trinajstić information content (AvgIpc) is 3.28. The van der Waals surface area contributed by atoms with Gasteiger partial charge in [-0.2, -0.15) is 9.61 Å². The third-order valence-corrected chi connectivity index (χ3v) is 5.38. The van der Waals surface area contributed by atoms with Crippen LogP contribution in [0, 0.1) is 0 Å². The lowest BCUT2D eigenvalue weighted by molar-refractivity contribution is 0.0337. The van der Waals surface area contributed by atoms with Crippen molar-refractivity contribution in [3.05, 3.63) is 64.5 Å². The third-order valence-electron chi connectivity index (χ3n) is 5.38. The lowest BCUT2D eigenvalue weighted by atomic mass is 10.2. The zero-order chi connectivity index (χ0) is 20.5. The van der Waals surface area contributed by atoms with Gasteiger partial charge in [-0.25, -0.2) is 14.8 Å². The summed E-state index contributed by atoms with van der Waals surface area (Å²) < 4.78 is 13.6. The molecule has 0 bridgehead atoms. The molecule has 1 fully saturated rings. The maximum absolute atomic E-state index is 13.2. The topological polar surface area (TPSA) is 86.8 Å². The quantitative estimate of drug-likeness (QED) is 0.486. The van der Waals surface area contributed by atoms with Crippen LogP contribution < -0.4 is 10.4 Å². The fraction of sp³-hybridized carbons (Fsp3) is 0.364. The zero-order valence-electron chi connectivity index (χ0n) is 16.7. The molecule has 3 aromatic heterocycles. The zero-order valence-corrected chi connectivity index (χ0v) is 16.7. The molecule has 0 unspecified atom stereocenters. The van der Waals surface area contributed by atoms with Crippen LogP contribution in [0.15, 0.2) is 47.5 Å². The van der Waals surface area contributed by atoms with Crippen LogP contribution in [0.1, 0.15) is 18.7 Å². The van der Waals surface area contributed by atoms with Gasteiger partial charge < -0.3 is 9.47 Å². The minimum absolute atomic E-state index is 0. The van der Waals surface area contributed by atoms with Crippen LogP contribution >= 0.6 is 0 Å². The summed E-state index contributed by atoms with van der Waals surface area (Å²) in [6.07, 6.45) is 1.40. The van der Waals surface area contributed by atoms with Crippen molar-refractivity contribution < 1.29 is 9.47 Å². The summed E-state index contributed by atoms with van der Waals surface area (Å²) in [7, 11) is 1.63. The first-order valence-corrected chi connectivity index (χ1v) is 9.88. The van der Waals surface area contributed by atoms with Crippen molar-refractivity contribution in [2.24, 2.45) is 0 Å². The van der Waals surface area contributed by atoms with E-state index in [1.54, 1.807) is 11.7 Å². The van der Waals surface area contributed by atoms with Crippen LogP contribution in [0.2, 0.25) is 0 Å². The van der Waals surface area contributed by atoms with Crippen LogP contribution in [-0.4, -0.2) is 62.5 Å². The van der Waals surface area contributed by atoms with Gasteiger partial charge in [0.2, 0.25) is 0 Å². The summed E-state index contributed by atoms with van der Waals surface area (Å²) in [4.78, 5) is 24.6. The smallest absolute Gasteiger partial charge is 0.352 e. The second-order valence-corrected chi connectivity index (χ2v) is 7.27. The van der Waals surface area contributed by atoms with E-state index in [2.05, 4.69) is 15.0 Å². The maximum atomic E-state index is 13.2. The molecule has 31 heavy (non-hydrogen) atoms. The minimum Gasteiger partial charge on any atom is -0.497 e. The fourth-order valence-electron chi connectivity index (χ4n) is 3.77. The van der Waals surface area contributed by atoms with Crippen LogP contribution in [-0.2, 0) is 17.8 Å². The molecule has 9 nitrogen and oxygen atoms in total. The Morgan fingerprint density at radius 3 is 2.55 bits per heavy atom. The largest absolute Gasteiger partial charge is 0.497 e. The summed E-state index contributed by atoms with van der Waals surface area (Å²) in [5.41, 5.74) is 2.76. The molecular weight excluding hydrogens is 396 g/mol. The molecule has 1 aliphatic heterocycles. The number of hydrogen-bond acceptors (Lipinski definition) is 7. The number of hydrogen-bond donors (Lipinski definition) is 0. The minimum atomic E-state index is -0.262. The molecule has 1 saturated heterocycles. The van der Waals surface area contributed by atoms with E-state index in [0.717, 1.165) is 48.7 Å². The van der Waals surface area contributed by atoms with E-state index in [0.29, 0.717) is 24.4 Å². The van der Waals surface area contributed by atoms with Gasteiger partial charge >= 0.3 is 5.69 Å². The predicted octanol–water partition coefficient (Wildman–Crippen LogP) is 1.96. The molecule has 4 aromatic rings. The molecule has 1 aliphatic rings. The van der Waals surface area contributed by atoms with Crippen molar-refractivity contribution in [1.29, 1.82) is 0 Å². The average molecular weight is 422 g/mol. The van der Waals surface area contributed by atoms with E-state index in [4.69, 9.17) is 14.5 Å². The molecule has 0 N–H and O–H groups in total. The van der Waals surface area contributed by atoms with Crippen molar-refractivity contribution >= 4 is 16.7 Å². The number of morpholine rings is 1. The highest BCUT2D eigenvalue weighted by molar-refractivity contribution is 5.88. The molecule has 0 radical (unpaired) electrons. The summed E-state index contributed by atoms with van der Waals surface area (Å²) in [6, 6.07) is 11.6. The standard InChI is InChI=1S/C21H22N6O3.CH4/c1-29-17-5-2-15(3-6-17)12-26-20-18(19-22-14-23-27(19)21(26)28)7-4-16(24-20)13-25-8-10-30-11-9-25;/h2-7,14H,8-13H2,1H3;1H4. The highest BCUT2D eigenvalue weighted by Crippen LogP contribution is 2.19. The Hall–Kier alpha value is -3.30. The lowest BCUT2D eigenvalue weighted by Gasteiger charge is -2.26. The Kier molecular flexibility index (Phi) is 5.97. The van der Waals surface area contributed by atoms with Gasteiger partial charge in [-0.1, -0.05) is 19.6 Å². The first-order chi connectivity index (χ1) is 14.7. The first-order valence-electron chi connectivity index (χ1n) is 9.88. The van der Waals surface area contributed by atoms with Gasteiger partial charge in [-0.05, 0) is 29.8 Å². The number of benzene rings is 1. The number of pyridine rings is 1. The van der Waals surface area contributed by atoms with Gasteiger partial charge in [0.05, 0.1) is 37.9 Å². The Balaban J connectivity index is 0.00000231. The number of nitrogens with zero attached hydrogens (tertiary/aromatic N) is 6. The maximum Gasteiger partial charge on any atom is 0.352 e. The van der Waals surface area contributed by atoms with Gasteiger partial charge in [0.1, 0.15) is 17.7 Å². The number of ether oxygens (including phenoxy) is 2. The lowest BCUT2D eigenvalue weighted by Crippen LogP contribution is -2.36. The highest BCUT2D eigenvalue weighted by Gasteiger charge is 2.17. The van der Waals surface area contributed by atoms with E-state index in [-0.39, 0.29) is 13.1 Å². The monoisotopic (exact) mass is 422 g/mol. The SMILES string of the molecule is C.COc1ccc(Cn2c(=O)n3ncnc3c3ccc(CN4CCOCC4)nc32)cc1. The van der Waals surface area contributed by atoms with Crippen LogP contribution in [0.5, 0.6) is 5.75 Å². The van der Waals surface area contributed by atoms with Gasteiger partial charge in [0, 0.05) is 19.6 Å². The van der Waals surface area contributed by atoms with E-state index in [1.807, 2.05) is 36.4 Å². The first kappa shape index (κ1) is 21.0. The summed E-state index contributed by atoms with van der Waals surface area (Å²) >= 11 is 0. The molecule has 0 spiro atoms. The van der Waals surface area contributed by atoms with Crippen molar-refractivity contribution in [3.8, 4) is 5.75 Å². The second kappa shape index (κ2) is 8.83. The molecule has 4 heterocycles. The molecule has 0 saturated carbocycles. The van der Waals surface area contributed by atoms with E-state index in [9.17, 15) is 4.79 Å². The number of rotatable bonds is 5. The molecule has 5 rings (SSSR count). The Labute approximate surface area is 179 Å². The molecule has 0 atom stereocenters. The number of methoxy groups -OCH3 is 1. The van der Waals surface area contributed by atoms with E-state index in [1.165, 1.54) is 10.8 Å². The molecular formula is C22H26N6O3. The Morgan fingerprint density at radius 1 is 1.03 bits per heavy atom. The van der Waals surface area contributed by atoms with Crippen molar-refractivity contribution in [3.63, 3.8) is 0 Å². The molecule has 9 heteroatoms. The van der Waals surface area contributed by atoms with Gasteiger partial charge in [0.25, 0.3) is 0 Å². The fourth-order valence-corrected chi connectivity index (χ4v) is 3.77. The van der Waals surface area contributed by atoms with Crippen LogP contribution in [0.3, 0.4) is 0 Å². The van der Waals surface area contributed by atoms with Crippen molar-refractivity contribution in [2.45, 2.75) is 20.5 Å². The van der Waals surface area contributed by atoms with Gasteiger partial charge in [-0.3, -0.25) is 9.47 Å². The summed E-state index contributed by atoms with van der Waals surface area (Å²) in [6.45, 7) is 4.31. The number of aromatic nitrogens is 5.